The van der Waals surface area contributed by atoms with Crippen molar-refractivity contribution in [3.05, 3.63) is 36.1 Å². The van der Waals surface area contributed by atoms with Crippen molar-refractivity contribution in [3.63, 3.8) is 0 Å². The van der Waals surface area contributed by atoms with Crippen LogP contribution in [0.15, 0.2) is 34.7 Å². The summed E-state index contributed by atoms with van der Waals surface area (Å²) in [6, 6.07) is 9.09. The standard InChI is InChI=1S/C16H14N2O3S/c1-2-3-15(20)18-16-17-12-6-4-10(8-14(12)22-16)13-7-5-11(9-19)21-13/h4-9H,2-3H2,1H3,(H,17,18,20). The minimum absolute atomic E-state index is 0.0246. The van der Waals surface area contributed by atoms with Crippen LogP contribution < -0.4 is 5.32 Å². The second kappa shape index (κ2) is 6.11. The summed E-state index contributed by atoms with van der Waals surface area (Å²) in [4.78, 5) is 26.7. The van der Waals surface area contributed by atoms with Crippen LogP contribution in [0.4, 0.5) is 5.13 Å². The number of fused-ring (bicyclic) bond motifs is 1. The number of carbonyl (C=O) groups excluding carboxylic acids is 2. The molecule has 1 amide bonds. The molecule has 22 heavy (non-hydrogen) atoms. The molecule has 0 aliphatic carbocycles. The summed E-state index contributed by atoms with van der Waals surface area (Å²) in [5.41, 5.74) is 1.69. The molecule has 0 bridgehead atoms. The number of furan rings is 1. The molecule has 1 N–H and O–H groups in total. The van der Waals surface area contributed by atoms with Gasteiger partial charge in [0.2, 0.25) is 5.91 Å². The molecule has 1 aromatic carbocycles. The van der Waals surface area contributed by atoms with E-state index in [1.165, 1.54) is 11.3 Å². The number of thiazole rings is 1. The van der Waals surface area contributed by atoms with Gasteiger partial charge in [-0.15, -0.1) is 0 Å². The van der Waals surface area contributed by atoms with Crippen LogP contribution in [0.25, 0.3) is 21.5 Å². The van der Waals surface area contributed by atoms with Gasteiger partial charge in [0, 0.05) is 12.0 Å². The number of benzene rings is 1. The summed E-state index contributed by atoms with van der Waals surface area (Å²) >= 11 is 1.42. The van der Waals surface area contributed by atoms with Crippen molar-refractivity contribution >= 4 is 38.9 Å². The zero-order valence-corrected chi connectivity index (χ0v) is 12.8. The first-order valence-corrected chi connectivity index (χ1v) is 7.77. The molecule has 112 valence electrons. The zero-order chi connectivity index (χ0) is 15.5. The third-order valence-electron chi connectivity index (χ3n) is 3.14. The van der Waals surface area contributed by atoms with Gasteiger partial charge >= 0.3 is 0 Å². The average Bonchev–Trinajstić information content (AvgIpc) is 3.12. The Kier molecular flexibility index (Phi) is 4.02. The van der Waals surface area contributed by atoms with Gasteiger partial charge in [0.25, 0.3) is 0 Å². The van der Waals surface area contributed by atoms with E-state index in [9.17, 15) is 9.59 Å². The van der Waals surface area contributed by atoms with E-state index in [2.05, 4.69) is 10.3 Å². The fourth-order valence-corrected chi connectivity index (χ4v) is 3.03. The second-order valence-corrected chi connectivity index (χ2v) is 5.85. The Labute approximate surface area is 131 Å². The van der Waals surface area contributed by atoms with Crippen molar-refractivity contribution in [1.82, 2.24) is 4.98 Å². The number of hydrogen-bond acceptors (Lipinski definition) is 5. The normalized spacial score (nSPS) is 10.8. The molecular weight excluding hydrogens is 300 g/mol. The van der Waals surface area contributed by atoms with Crippen LogP contribution in [0, 0.1) is 0 Å². The third-order valence-corrected chi connectivity index (χ3v) is 4.07. The summed E-state index contributed by atoms with van der Waals surface area (Å²) in [5, 5.41) is 3.40. The lowest BCUT2D eigenvalue weighted by atomic mass is 10.2. The molecule has 0 fully saturated rings. The molecule has 2 aromatic heterocycles. The van der Waals surface area contributed by atoms with Crippen molar-refractivity contribution in [2.45, 2.75) is 19.8 Å². The van der Waals surface area contributed by atoms with Crippen molar-refractivity contribution in [1.29, 1.82) is 0 Å². The van der Waals surface area contributed by atoms with Gasteiger partial charge in [-0.25, -0.2) is 4.98 Å². The highest BCUT2D eigenvalue weighted by atomic mass is 32.1. The van der Waals surface area contributed by atoms with Crippen molar-refractivity contribution in [2.24, 2.45) is 0 Å². The van der Waals surface area contributed by atoms with Crippen LogP contribution >= 0.6 is 11.3 Å². The molecule has 0 aliphatic rings. The first kappa shape index (κ1) is 14.5. The maximum absolute atomic E-state index is 11.6. The van der Waals surface area contributed by atoms with Gasteiger partial charge in [0.05, 0.1) is 10.2 Å². The summed E-state index contributed by atoms with van der Waals surface area (Å²) in [7, 11) is 0. The SMILES string of the molecule is CCCC(=O)Nc1nc2ccc(-c3ccc(C=O)o3)cc2s1. The predicted molar refractivity (Wildman–Crippen MR) is 86.2 cm³/mol. The van der Waals surface area contributed by atoms with E-state index in [4.69, 9.17) is 4.42 Å². The molecule has 0 saturated heterocycles. The van der Waals surface area contributed by atoms with Gasteiger partial charge in [-0.3, -0.25) is 9.59 Å². The predicted octanol–water partition coefficient (Wildman–Crippen LogP) is 4.11. The number of amides is 1. The molecule has 0 aliphatic heterocycles. The lowest BCUT2D eigenvalue weighted by molar-refractivity contribution is -0.116. The molecule has 6 heteroatoms. The fraction of sp³-hybridized carbons (Fsp3) is 0.188. The Balaban J connectivity index is 1.89. The summed E-state index contributed by atoms with van der Waals surface area (Å²) in [5.74, 6) is 0.907. The molecule has 2 heterocycles. The molecule has 5 nitrogen and oxygen atoms in total. The van der Waals surface area contributed by atoms with E-state index in [0.717, 1.165) is 22.2 Å². The van der Waals surface area contributed by atoms with Gasteiger partial charge in [0.1, 0.15) is 5.76 Å². The van der Waals surface area contributed by atoms with Crippen LogP contribution in [0.1, 0.15) is 30.3 Å². The summed E-state index contributed by atoms with van der Waals surface area (Å²) in [6.07, 6.45) is 1.97. The largest absolute Gasteiger partial charge is 0.453 e. The lowest BCUT2D eigenvalue weighted by Crippen LogP contribution is -2.09. The zero-order valence-electron chi connectivity index (χ0n) is 12.0. The maximum atomic E-state index is 11.6. The number of nitrogens with one attached hydrogen (secondary N) is 1. The number of aromatic nitrogens is 1. The highest BCUT2D eigenvalue weighted by Crippen LogP contribution is 2.31. The van der Waals surface area contributed by atoms with E-state index in [-0.39, 0.29) is 5.91 Å². The number of aldehydes is 1. The number of hydrogen-bond donors (Lipinski definition) is 1. The quantitative estimate of drug-likeness (QED) is 0.719. The molecule has 0 radical (unpaired) electrons. The first-order chi connectivity index (χ1) is 10.7. The van der Waals surface area contributed by atoms with Gasteiger partial charge in [0.15, 0.2) is 17.2 Å². The Morgan fingerprint density at radius 3 is 2.95 bits per heavy atom. The minimum Gasteiger partial charge on any atom is -0.453 e. The topological polar surface area (TPSA) is 72.2 Å². The van der Waals surface area contributed by atoms with Gasteiger partial charge < -0.3 is 9.73 Å². The Morgan fingerprint density at radius 1 is 1.36 bits per heavy atom. The smallest absolute Gasteiger partial charge is 0.226 e. The summed E-state index contributed by atoms with van der Waals surface area (Å²) < 4.78 is 6.37. The second-order valence-electron chi connectivity index (χ2n) is 4.82. The van der Waals surface area contributed by atoms with Crippen molar-refractivity contribution < 1.29 is 14.0 Å². The molecule has 0 saturated carbocycles. The van der Waals surface area contributed by atoms with Crippen molar-refractivity contribution in [3.8, 4) is 11.3 Å². The third kappa shape index (κ3) is 2.92. The lowest BCUT2D eigenvalue weighted by Gasteiger charge is -1.97. The van der Waals surface area contributed by atoms with Gasteiger partial charge in [-0.1, -0.05) is 18.3 Å². The molecule has 3 rings (SSSR count). The van der Waals surface area contributed by atoms with E-state index in [1.54, 1.807) is 12.1 Å². The maximum Gasteiger partial charge on any atom is 0.226 e. The fourth-order valence-electron chi connectivity index (χ4n) is 2.11. The highest BCUT2D eigenvalue weighted by Gasteiger charge is 2.10. The molecular formula is C16H14N2O3S. The highest BCUT2D eigenvalue weighted by molar-refractivity contribution is 7.22. The number of carbonyl (C=O) groups is 2. The van der Waals surface area contributed by atoms with Crippen LogP contribution in [0.2, 0.25) is 0 Å². The summed E-state index contributed by atoms with van der Waals surface area (Å²) in [6.45, 7) is 1.96. The first-order valence-electron chi connectivity index (χ1n) is 6.95. The van der Waals surface area contributed by atoms with Crippen LogP contribution in [0.3, 0.4) is 0 Å². The number of anilines is 1. The molecule has 0 atom stereocenters. The minimum atomic E-state index is -0.0246. The van der Waals surface area contributed by atoms with Crippen LogP contribution in [-0.2, 0) is 4.79 Å². The van der Waals surface area contributed by atoms with Crippen LogP contribution in [0.5, 0.6) is 0 Å². The molecule has 0 spiro atoms. The van der Waals surface area contributed by atoms with E-state index < -0.39 is 0 Å². The van der Waals surface area contributed by atoms with E-state index in [0.29, 0.717) is 29.4 Å². The van der Waals surface area contributed by atoms with Crippen LogP contribution in [-0.4, -0.2) is 17.2 Å². The molecule has 0 unspecified atom stereocenters. The van der Waals surface area contributed by atoms with Crippen molar-refractivity contribution in [2.75, 3.05) is 5.32 Å². The number of nitrogens with zero attached hydrogens (tertiary/aromatic N) is 1. The Bertz CT molecular complexity index is 835. The average molecular weight is 314 g/mol. The van der Waals surface area contributed by atoms with Gasteiger partial charge in [-0.2, -0.15) is 0 Å². The monoisotopic (exact) mass is 314 g/mol. The van der Waals surface area contributed by atoms with E-state index >= 15 is 0 Å². The molecule has 3 aromatic rings. The Hall–Kier alpha value is -2.47. The number of rotatable bonds is 5. The van der Waals surface area contributed by atoms with Gasteiger partial charge in [-0.05, 0) is 36.8 Å². The Morgan fingerprint density at radius 2 is 2.23 bits per heavy atom. The van der Waals surface area contributed by atoms with E-state index in [1.807, 2.05) is 25.1 Å².